The first-order valence-corrected chi connectivity index (χ1v) is 8.87. The van der Waals surface area contributed by atoms with Gasteiger partial charge >= 0.3 is 13.5 Å². The van der Waals surface area contributed by atoms with Crippen molar-refractivity contribution < 1.29 is 23.7 Å². The van der Waals surface area contributed by atoms with Crippen LogP contribution in [0.4, 0.5) is 0 Å². The smallest absolute Gasteiger partial charge is 0.321 e. The van der Waals surface area contributed by atoms with Gasteiger partial charge < -0.3 is 14.4 Å². The van der Waals surface area contributed by atoms with E-state index in [0.717, 1.165) is 0 Å². The standard InChI is InChI=1S/C15H22NO5P/c1-11(2)14(15(17)18)16-9-4-10-21-22(16,19)13-7-5-12(20-3)6-8-13/h5-8,11,14H,4,9-10H2,1-3H3,(H,17,18). The summed E-state index contributed by atoms with van der Waals surface area (Å²) in [6.45, 7) is 4.43. The lowest BCUT2D eigenvalue weighted by Gasteiger charge is -2.40. The highest BCUT2D eigenvalue weighted by Gasteiger charge is 2.44. The molecule has 6 nitrogen and oxygen atoms in total. The summed E-state index contributed by atoms with van der Waals surface area (Å²) >= 11 is 0. The van der Waals surface area contributed by atoms with E-state index in [0.29, 0.717) is 30.6 Å². The van der Waals surface area contributed by atoms with Crippen LogP contribution in [0.15, 0.2) is 24.3 Å². The average Bonchev–Trinajstić information content (AvgIpc) is 2.49. The summed E-state index contributed by atoms with van der Waals surface area (Å²) in [6.07, 6.45) is 0.663. The highest BCUT2D eigenvalue weighted by molar-refractivity contribution is 7.64. The van der Waals surface area contributed by atoms with Crippen molar-refractivity contribution in [2.24, 2.45) is 5.92 Å². The zero-order chi connectivity index (χ0) is 16.3. The summed E-state index contributed by atoms with van der Waals surface area (Å²) in [5.74, 6) is -0.502. The lowest BCUT2D eigenvalue weighted by molar-refractivity contribution is -0.143. The van der Waals surface area contributed by atoms with E-state index in [1.807, 2.05) is 13.8 Å². The quantitative estimate of drug-likeness (QED) is 0.837. The number of hydrogen-bond acceptors (Lipinski definition) is 4. The first kappa shape index (κ1) is 17.0. The topological polar surface area (TPSA) is 76.1 Å². The number of hydrogen-bond donors (Lipinski definition) is 1. The highest BCUT2D eigenvalue weighted by Crippen LogP contribution is 2.54. The Morgan fingerprint density at radius 2 is 2.00 bits per heavy atom. The number of carboxylic acids is 1. The molecule has 0 saturated carbocycles. The molecule has 2 rings (SSSR count). The van der Waals surface area contributed by atoms with Gasteiger partial charge in [-0.2, -0.15) is 0 Å². The molecule has 1 saturated heterocycles. The second-order valence-corrected chi connectivity index (χ2v) is 7.92. The van der Waals surface area contributed by atoms with Crippen LogP contribution in [0, 0.1) is 5.92 Å². The third kappa shape index (κ3) is 3.19. The molecular formula is C15H22NO5P. The molecule has 7 heteroatoms. The molecule has 2 atom stereocenters. The second-order valence-electron chi connectivity index (χ2n) is 5.60. The zero-order valence-corrected chi connectivity index (χ0v) is 14.0. The van der Waals surface area contributed by atoms with Crippen molar-refractivity contribution in [2.45, 2.75) is 26.3 Å². The monoisotopic (exact) mass is 327 g/mol. The van der Waals surface area contributed by atoms with Crippen LogP contribution in [0.3, 0.4) is 0 Å². The Bertz CT molecular complexity index is 572. The van der Waals surface area contributed by atoms with Gasteiger partial charge in [-0.25, -0.2) is 4.67 Å². The van der Waals surface area contributed by atoms with Crippen molar-refractivity contribution in [1.29, 1.82) is 0 Å². The third-order valence-corrected chi connectivity index (χ3v) is 6.35. The highest BCUT2D eigenvalue weighted by atomic mass is 31.2. The molecule has 0 bridgehead atoms. The van der Waals surface area contributed by atoms with E-state index >= 15 is 0 Å². The maximum atomic E-state index is 13.4. The van der Waals surface area contributed by atoms with Crippen molar-refractivity contribution in [3.8, 4) is 5.75 Å². The summed E-state index contributed by atoms with van der Waals surface area (Å²) < 4.78 is 25.6. The molecule has 1 aromatic carbocycles. The Hall–Kier alpha value is -1.36. The number of carboxylic acid groups (broad SMARTS) is 1. The van der Waals surface area contributed by atoms with Gasteiger partial charge in [0.2, 0.25) is 0 Å². The van der Waals surface area contributed by atoms with Crippen molar-refractivity contribution in [2.75, 3.05) is 20.3 Å². The van der Waals surface area contributed by atoms with Gasteiger partial charge in [-0.15, -0.1) is 0 Å². The fourth-order valence-electron chi connectivity index (χ4n) is 2.67. The Morgan fingerprint density at radius 1 is 1.36 bits per heavy atom. The van der Waals surface area contributed by atoms with Crippen LogP contribution in [-0.2, 0) is 13.9 Å². The molecule has 22 heavy (non-hydrogen) atoms. The van der Waals surface area contributed by atoms with Crippen molar-refractivity contribution >= 4 is 18.8 Å². The third-order valence-electron chi connectivity index (χ3n) is 3.74. The predicted molar refractivity (Wildman–Crippen MR) is 83.8 cm³/mol. The molecule has 0 amide bonds. The van der Waals surface area contributed by atoms with Gasteiger partial charge in [-0.05, 0) is 36.6 Å². The molecule has 1 N–H and O–H groups in total. The molecule has 1 aliphatic heterocycles. The molecule has 0 aliphatic carbocycles. The lowest BCUT2D eigenvalue weighted by atomic mass is 10.0. The van der Waals surface area contributed by atoms with E-state index in [1.165, 1.54) is 4.67 Å². The Balaban J connectivity index is 2.42. The Kier molecular flexibility index (Phi) is 5.27. The fourth-order valence-corrected chi connectivity index (χ4v) is 5.27. The molecular weight excluding hydrogens is 305 g/mol. The van der Waals surface area contributed by atoms with E-state index in [-0.39, 0.29) is 5.92 Å². The predicted octanol–water partition coefficient (Wildman–Crippen LogP) is 2.35. The van der Waals surface area contributed by atoms with Crippen LogP contribution in [0.1, 0.15) is 20.3 Å². The zero-order valence-electron chi connectivity index (χ0n) is 13.1. The molecule has 0 radical (unpaired) electrons. The maximum Gasteiger partial charge on any atom is 0.321 e. The SMILES string of the molecule is COc1ccc(P2(=O)OCCCN2C(C(=O)O)C(C)C)cc1. The number of carbonyl (C=O) groups is 1. The van der Waals surface area contributed by atoms with E-state index in [9.17, 15) is 14.5 Å². The molecule has 1 aromatic rings. The molecule has 0 spiro atoms. The van der Waals surface area contributed by atoms with Crippen LogP contribution in [0.2, 0.25) is 0 Å². The minimum Gasteiger partial charge on any atom is -0.497 e. The summed E-state index contributed by atoms with van der Waals surface area (Å²) in [5, 5.41) is 10.0. The first-order chi connectivity index (χ1) is 10.4. The van der Waals surface area contributed by atoms with Gasteiger partial charge in [0, 0.05) is 6.54 Å². The van der Waals surface area contributed by atoms with Gasteiger partial charge in [0.15, 0.2) is 0 Å². The number of aliphatic carboxylic acids is 1. The summed E-state index contributed by atoms with van der Waals surface area (Å²) in [4.78, 5) is 11.6. The van der Waals surface area contributed by atoms with Crippen LogP contribution in [-0.4, -0.2) is 42.0 Å². The molecule has 0 aromatic heterocycles. The number of methoxy groups -OCH3 is 1. The van der Waals surface area contributed by atoms with E-state index in [2.05, 4.69) is 0 Å². The normalized spacial score (nSPS) is 24.2. The van der Waals surface area contributed by atoms with Crippen molar-refractivity contribution in [1.82, 2.24) is 4.67 Å². The second kappa shape index (κ2) is 6.82. The Labute approximate surface area is 130 Å². The average molecular weight is 327 g/mol. The van der Waals surface area contributed by atoms with Crippen molar-refractivity contribution in [3.05, 3.63) is 24.3 Å². The van der Waals surface area contributed by atoms with Gasteiger partial charge in [-0.3, -0.25) is 9.36 Å². The van der Waals surface area contributed by atoms with E-state index in [4.69, 9.17) is 9.26 Å². The van der Waals surface area contributed by atoms with Crippen LogP contribution in [0.5, 0.6) is 5.75 Å². The van der Waals surface area contributed by atoms with Crippen molar-refractivity contribution in [3.63, 3.8) is 0 Å². The summed E-state index contributed by atoms with van der Waals surface area (Å²) in [6, 6.07) is 5.93. The molecule has 1 fully saturated rings. The molecule has 1 heterocycles. The summed E-state index contributed by atoms with van der Waals surface area (Å²) in [5.41, 5.74) is 0. The largest absolute Gasteiger partial charge is 0.497 e. The first-order valence-electron chi connectivity index (χ1n) is 7.29. The number of nitrogens with zero attached hydrogens (tertiary/aromatic N) is 1. The number of ether oxygens (including phenoxy) is 1. The van der Waals surface area contributed by atoms with Gasteiger partial charge in [0.05, 0.1) is 19.0 Å². The minimum absolute atomic E-state index is 0.175. The van der Waals surface area contributed by atoms with E-state index in [1.54, 1.807) is 31.4 Å². The lowest BCUT2D eigenvalue weighted by Crippen LogP contribution is -2.47. The van der Waals surface area contributed by atoms with Gasteiger partial charge in [0.1, 0.15) is 11.8 Å². The molecule has 122 valence electrons. The minimum atomic E-state index is -3.37. The van der Waals surface area contributed by atoms with Gasteiger partial charge in [0.25, 0.3) is 0 Å². The van der Waals surface area contributed by atoms with Gasteiger partial charge in [-0.1, -0.05) is 13.8 Å². The fraction of sp³-hybridized carbons (Fsp3) is 0.533. The number of benzene rings is 1. The molecule has 1 aliphatic rings. The Morgan fingerprint density at radius 3 is 2.50 bits per heavy atom. The van der Waals surface area contributed by atoms with Crippen LogP contribution in [0.25, 0.3) is 0 Å². The van der Waals surface area contributed by atoms with Crippen LogP contribution >= 0.6 is 7.52 Å². The van der Waals surface area contributed by atoms with Crippen LogP contribution < -0.4 is 10.0 Å². The number of rotatable bonds is 5. The maximum absolute atomic E-state index is 13.4. The summed E-state index contributed by atoms with van der Waals surface area (Å²) in [7, 11) is -1.82. The van der Waals surface area contributed by atoms with E-state index < -0.39 is 19.5 Å². The molecule has 2 unspecified atom stereocenters.